The number of nitrogens with zero attached hydrogens (tertiary/aromatic N) is 3. The monoisotopic (exact) mass is 178 g/mol. The van der Waals surface area contributed by atoms with Crippen LogP contribution in [-0.2, 0) is 4.74 Å². The molecular weight excluding hydrogens is 168 g/mol. The Labute approximate surface area is 76.6 Å². The summed E-state index contributed by atoms with van der Waals surface area (Å²) in [6.07, 6.45) is 0. The summed E-state index contributed by atoms with van der Waals surface area (Å²) in [5.74, 6) is 0.258. The lowest BCUT2D eigenvalue weighted by Crippen LogP contribution is -2.38. The predicted octanol–water partition coefficient (Wildman–Crippen LogP) is -0.464. The van der Waals surface area contributed by atoms with Crippen LogP contribution in [0.5, 0.6) is 0 Å². The zero-order valence-corrected chi connectivity index (χ0v) is 7.16. The van der Waals surface area contributed by atoms with Crippen molar-refractivity contribution in [3.63, 3.8) is 0 Å². The Balaban J connectivity index is 2.76. The van der Waals surface area contributed by atoms with Gasteiger partial charge in [-0.3, -0.25) is 0 Å². The van der Waals surface area contributed by atoms with Crippen LogP contribution in [0.2, 0.25) is 0 Å². The third kappa shape index (κ3) is 2.11. The molecule has 1 aliphatic rings. The number of hydrogen-bond acceptors (Lipinski definition) is 5. The second-order valence-corrected chi connectivity index (χ2v) is 2.58. The summed E-state index contributed by atoms with van der Waals surface area (Å²) < 4.78 is 5.11. The zero-order chi connectivity index (χ0) is 9.68. The van der Waals surface area contributed by atoms with E-state index in [1.165, 1.54) is 0 Å². The Hall–Kier alpha value is -1.72. The first-order valence-corrected chi connectivity index (χ1v) is 3.92. The summed E-state index contributed by atoms with van der Waals surface area (Å²) >= 11 is 0. The molecule has 1 fully saturated rings. The number of hydrogen-bond donors (Lipinski definition) is 1. The third-order valence-corrected chi connectivity index (χ3v) is 1.83. The first-order chi connectivity index (χ1) is 6.29. The number of nitriles is 2. The average molecular weight is 178 g/mol. The van der Waals surface area contributed by atoms with E-state index in [2.05, 4.69) is 0 Å². The predicted molar refractivity (Wildman–Crippen MR) is 44.8 cm³/mol. The SMILES string of the molecule is N#CC(C#N)=C(N)N1CCOCC1. The molecule has 0 bridgehead atoms. The van der Waals surface area contributed by atoms with Gasteiger partial charge in [-0.2, -0.15) is 10.5 Å². The summed E-state index contributed by atoms with van der Waals surface area (Å²) in [7, 11) is 0. The normalized spacial score (nSPS) is 15.7. The van der Waals surface area contributed by atoms with Crippen LogP contribution in [0.1, 0.15) is 0 Å². The topological polar surface area (TPSA) is 86.1 Å². The third-order valence-electron chi connectivity index (χ3n) is 1.83. The molecule has 13 heavy (non-hydrogen) atoms. The Morgan fingerprint density at radius 1 is 1.23 bits per heavy atom. The molecular formula is C8H10N4O. The van der Waals surface area contributed by atoms with Crippen LogP contribution in [-0.4, -0.2) is 31.2 Å². The Morgan fingerprint density at radius 2 is 1.77 bits per heavy atom. The molecule has 1 saturated heterocycles. The van der Waals surface area contributed by atoms with Crippen LogP contribution in [0.15, 0.2) is 11.4 Å². The van der Waals surface area contributed by atoms with Crippen LogP contribution in [0.3, 0.4) is 0 Å². The van der Waals surface area contributed by atoms with Gasteiger partial charge in [0.25, 0.3) is 0 Å². The van der Waals surface area contributed by atoms with Crippen molar-refractivity contribution in [2.24, 2.45) is 5.73 Å². The van der Waals surface area contributed by atoms with Gasteiger partial charge >= 0.3 is 0 Å². The summed E-state index contributed by atoms with van der Waals surface area (Å²) in [5.41, 5.74) is 5.59. The Kier molecular flexibility index (Phi) is 3.13. The molecule has 1 heterocycles. The molecule has 0 radical (unpaired) electrons. The van der Waals surface area contributed by atoms with Crippen molar-refractivity contribution >= 4 is 0 Å². The highest BCUT2D eigenvalue weighted by Crippen LogP contribution is 2.06. The summed E-state index contributed by atoms with van der Waals surface area (Å²) in [4.78, 5) is 1.78. The van der Waals surface area contributed by atoms with Gasteiger partial charge in [-0.05, 0) is 0 Å². The smallest absolute Gasteiger partial charge is 0.169 e. The summed E-state index contributed by atoms with van der Waals surface area (Å²) in [6.45, 7) is 2.45. The van der Waals surface area contributed by atoms with E-state index in [-0.39, 0.29) is 11.4 Å². The molecule has 0 atom stereocenters. The second-order valence-electron chi connectivity index (χ2n) is 2.58. The van der Waals surface area contributed by atoms with Crippen molar-refractivity contribution < 1.29 is 4.74 Å². The highest BCUT2D eigenvalue weighted by Gasteiger charge is 2.14. The molecule has 0 saturated carbocycles. The quantitative estimate of drug-likeness (QED) is 0.549. The van der Waals surface area contributed by atoms with Gasteiger partial charge in [0.15, 0.2) is 5.57 Å². The number of ether oxygens (including phenoxy) is 1. The van der Waals surface area contributed by atoms with Gasteiger partial charge in [0.2, 0.25) is 0 Å². The molecule has 2 N–H and O–H groups in total. The van der Waals surface area contributed by atoms with Gasteiger partial charge in [0.1, 0.15) is 18.0 Å². The van der Waals surface area contributed by atoms with E-state index in [4.69, 9.17) is 21.0 Å². The lowest BCUT2D eigenvalue weighted by molar-refractivity contribution is 0.0528. The Bertz CT molecular complexity index is 274. The molecule has 5 nitrogen and oxygen atoms in total. The van der Waals surface area contributed by atoms with Crippen molar-refractivity contribution in [1.29, 1.82) is 10.5 Å². The lowest BCUT2D eigenvalue weighted by atomic mass is 10.3. The molecule has 0 unspecified atom stereocenters. The highest BCUT2D eigenvalue weighted by molar-refractivity contribution is 5.38. The highest BCUT2D eigenvalue weighted by atomic mass is 16.5. The van der Waals surface area contributed by atoms with Crippen molar-refractivity contribution in [3.05, 3.63) is 11.4 Å². The van der Waals surface area contributed by atoms with Gasteiger partial charge < -0.3 is 15.4 Å². The fraction of sp³-hybridized carbons (Fsp3) is 0.500. The van der Waals surface area contributed by atoms with E-state index in [9.17, 15) is 0 Å². The van der Waals surface area contributed by atoms with Crippen molar-refractivity contribution in [3.8, 4) is 12.1 Å². The molecule has 0 aromatic rings. The van der Waals surface area contributed by atoms with Gasteiger partial charge in [0.05, 0.1) is 13.2 Å². The van der Waals surface area contributed by atoms with Gasteiger partial charge in [-0.15, -0.1) is 0 Å². The number of morpholine rings is 1. The van der Waals surface area contributed by atoms with Crippen LogP contribution in [0, 0.1) is 22.7 Å². The minimum absolute atomic E-state index is 0.0260. The minimum Gasteiger partial charge on any atom is -0.384 e. The van der Waals surface area contributed by atoms with Crippen molar-refractivity contribution in [1.82, 2.24) is 4.90 Å². The standard InChI is InChI=1S/C8H10N4O/c9-5-7(6-10)8(11)12-1-3-13-4-2-12/h1-4,11H2. The van der Waals surface area contributed by atoms with Crippen LogP contribution in [0.4, 0.5) is 0 Å². The van der Waals surface area contributed by atoms with E-state index in [0.717, 1.165) is 0 Å². The second kappa shape index (κ2) is 4.34. The lowest BCUT2D eigenvalue weighted by Gasteiger charge is -2.28. The molecule has 0 aromatic carbocycles. The summed E-state index contributed by atoms with van der Waals surface area (Å²) in [5, 5.41) is 17.1. The van der Waals surface area contributed by atoms with Gasteiger partial charge in [-0.1, -0.05) is 0 Å². The molecule has 1 rings (SSSR count). The van der Waals surface area contributed by atoms with Crippen molar-refractivity contribution in [2.45, 2.75) is 0 Å². The van der Waals surface area contributed by atoms with Gasteiger partial charge in [0, 0.05) is 13.1 Å². The van der Waals surface area contributed by atoms with E-state index >= 15 is 0 Å². The molecule has 1 aliphatic heterocycles. The molecule has 5 heteroatoms. The van der Waals surface area contributed by atoms with E-state index in [0.29, 0.717) is 26.3 Å². The van der Waals surface area contributed by atoms with Crippen LogP contribution in [0.25, 0.3) is 0 Å². The maximum atomic E-state index is 8.56. The maximum Gasteiger partial charge on any atom is 0.169 e. The van der Waals surface area contributed by atoms with Gasteiger partial charge in [-0.25, -0.2) is 0 Å². The van der Waals surface area contributed by atoms with Crippen LogP contribution >= 0.6 is 0 Å². The number of rotatable bonds is 1. The Morgan fingerprint density at radius 3 is 2.23 bits per heavy atom. The van der Waals surface area contributed by atoms with Crippen molar-refractivity contribution in [2.75, 3.05) is 26.3 Å². The minimum atomic E-state index is -0.0260. The molecule has 0 spiro atoms. The largest absolute Gasteiger partial charge is 0.384 e. The maximum absolute atomic E-state index is 8.56. The molecule has 0 aliphatic carbocycles. The average Bonchev–Trinajstić information content (AvgIpc) is 2.21. The molecule has 0 amide bonds. The van der Waals surface area contributed by atoms with E-state index in [1.807, 2.05) is 0 Å². The fourth-order valence-electron chi connectivity index (χ4n) is 1.10. The first-order valence-electron chi connectivity index (χ1n) is 3.92. The van der Waals surface area contributed by atoms with E-state index < -0.39 is 0 Å². The van der Waals surface area contributed by atoms with E-state index in [1.54, 1.807) is 17.0 Å². The number of nitrogens with two attached hydrogens (primary N) is 1. The number of allylic oxidation sites excluding steroid dienone is 1. The summed E-state index contributed by atoms with van der Waals surface area (Å²) in [6, 6.07) is 3.52. The fourth-order valence-corrected chi connectivity index (χ4v) is 1.10. The zero-order valence-electron chi connectivity index (χ0n) is 7.16. The molecule has 0 aromatic heterocycles. The molecule has 68 valence electrons. The first kappa shape index (κ1) is 9.37. The van der Waals surface area contributed by atoms with Crippen LogP contribution < -0.4 is 5.73 Å².